The van der Waals surface area contributed by atoms with Gasteiger partial charge in [0.1, 0.15) is 5.60 Å². The van der Waals surface area contributed by atoms with Gasteiger partial charge in [0.25, 0.3) is 0 Å². The fraction of sp³-hybridized carbons (Fsp3) is 0.500. The van der Waals surface area contributed by atoms with Gasteiger partial charge in [-0.3, -0.25) is 10.1 Å². The molecule has 0 saturated carbocycles. The highest BCUT2D eigenvalue weighted by atomic mass is 35.5. The SMILES string of the molecule is CC(CCc1ccc(NC(=O)OC(C)(C)C)c(Cl)c1)C(=O)O. The molecule has 1 rings (SSSR count). The third kappa shape index (κ3) is 6.35. The van der Waals surface area contributed by atoms with Crippen LogP contribution in [-0.2, 0) is 16.0 Å². The molecule has 2 N–H and O–H groups in total. The lowest BCUT2D eigenvalue weighted by molar-refractivity contribution is -0.141. The van der Waals surface area contributed by atoms with Gasteiger partial charge in [0.15, 0.2) is 0 Å². The smallest absolute Gasteiger partial charge is 0.412 e. The second-order valence-electron chi connectivity index (χ2n) is 6.22. The first-order chi connectivity index (χ1) is 10.1. The van der Waals surface area contributed by atoms with Crippen LogP contribution in [0.25, 0.3) is 0 Å². The minimum Gasteiger partial charge on any atom is -0.481 e. The van der Waals surface area contributed by atoms with Gasteiger partial charge in [-0.05, 0) is 51.3 Å². The number of rotatable bonds is 5. The number of carbonyl (C=O) groups is 2. The van der Waals surface area contributed by atoms with Crippen molar-refractivity contribution in [3.63, 3.8) is 0 Å². The summed E-state index contributed by atoms with van der Waals surface area (Å²) in [5.41, 5.74) is 0.808. The van der Waals surface area contributed by atoms with Gasteiger partial charge in [-0.15, -0.1) is 0 Å². The van der Waals surface area contributed by atoms with Crippen molar-refractivity contribution in [3.8, 4) is 0 Å². The normalized spacial score (nSPS) is 12.6. The molecule has 0 aliphatic rings. The summed E-state index contributed by atoms with van der Waals surface area (Å²) in [6.07, 6.45) is 0.575. The summed E-state index contributed by atoms with van der Waals surface area (Å²) in [6, 6.07) is 5.23. The largest absolute Gasteiger partial charge is 0.481 e. The Morgan fingerprint density at radius 2 is 2.00 bits per heavy atom. The summed E-state index contributed by atoms with van der Waals surface area (Å²) in [5, 5.41) is 11.8. The van der Waals surface area contributed by atoms with Crippen LogP contribution in [0.2, 0.25) is 5.02 Å². The third-order valence-corrected chi connectivity index (χ3v) is 3.27. The van der Waals surface area contributed by atoms with E-state index in [4.69, 9.17) is 21.4 Å². The summed E-state index contributed by atoms with van der Waals surface area (Å²) in [6.45, 7) is 7.01. The average molecular weight is 328 g/mol. The molecule has 0 heterocycles. The monoisotopic (exact) mass is 327 g/mol. The molecule has 0 saturated heterocycles. The van der Waals surface area contributed by atoms with Crippen LogP contribution in [0.15, 0.2) is 18.2 Å². The lowest BCUT2D eigenvalue weighted by atomic mass is 10.0. The maximum atomic E-state index is 11.7. The van der Waals surface area contributed by atoms with E-state index in [2.05, 4.69) is 5.32 Å². The predicted molar refractivity (Wildman–Crippen MR) is 86.4 cm³/mol. The molecule has 22 heavy (non-hydrogen) atoms. The van der Waals surface area contributed by atoms with Gasteiger partial charge >= 0.3 is 12.1 Å². The fourth-order valence-corrected chi connectivity index (χ4v) is 1.99. The zero-order valence-electron chi connectivity index (χ0n) is 13.3. The summed E-state index contributed by atoms with van der Waals surface area (Å²) < 4.78 is 5.16. The number of aliphatic carboxylic acids is 1. The quantitative estimate of drug-likeness (QED) is 0.843. The summed E-state index contributed by atoms with van der Waals surface area (Å²) >= 11 is 6.14. The Labute approximate surface area is 135 Å². The van der Waals surface area contributed by atoms with Crippen LogP contribution in [0.4, 0.5) is 10.5 Å². The van der Waals surface area contributed by atoms with Crippen molar-refractivity contribution in [2.45, 2.75) is 46.1 Å². The number of ether oxygens (including phenoxy) is 1. The molecule has 0 fully saturated rings. The van der Waals surface area contributed by atoms with Crippen LogP contribution >= 0.6 is 11.6 Å². The molecule has 0 bridgehead atoms. The number of amides is 1. The van der Waals surface area contributed by atoms with Gasteiger partial charge in [0.05, 0.1) is 16.6 Å². The van der Waals surface area contributed by atoms with Crippen molar-refractivity contribution in [2.75, 3.05) is 5.32 Å². The van der Waals surface area contributed by atoms with E-state index in [1.807, 2.05) is 6.07 Å². The Balaban J connectivity index is 2.66. The Morgan fingerprint density at radius 3 is 2.50 bits per heavy atom. The third-order valence-electron chi connectivity index (χ3n) is 2.96. The minimum absolute atomic E-state index is 0.395. The number of benzene rings is 1. The molecular formula is C16H22ClNO4. The maximum absolute atomic E-state index is 11.7. The summed E-state index contributed by atoms with van der Waals surface area (Å²) in [5.74, 6) is -1.22. The zero-order chi connectivity index (χ0) is 16.9. The molecule has 122 valence electrons. The van der Waals surface area contributed by atoms with Crippen molar-refractivity contribution in [1.82, 2.24) is 0 Å². The zero-order valence-corrected chi connectivity index (χ0v) is 14.0. The van der Waals surface area contributed by atoms with Crippen LogP contribution in [-0.4, -0.2) is 22.8 Å². The fourth-order valence-electron chi connectivity index (χ4n) is 1.74. The molecule has 0 radical (unpaired) electrons. The van der Waals surface area contributed by atoms with Crippen molar-refractivity contribution in [2.24, 2.45) is 5.92 Å². The van der Waals surface area contributed by atoms with Gasteiger partial charge in [-0.1, -0.05) is 24.6 Å². The van der Waals surface area contributed by atoms with E-state index in [-0.39, 0.29) is 0 Å². The molecule has 1 unspecified atom stereocenters. The topological polar surface area (TPSA) is 75.6 Å². The maximum Gasteiger partial charge on any atom is 0.412 e. The van der Waals surface area contributed by atoms with E-state index in [1.54, 1.807) is 39.8 Å². The van der Waals surface area contributed by atoms with Crippen LogP contribution in [0, 0.1) is 5.92 Å². The van der Waals surface area contributed by atoms with Crippen LogP contribution < -0.4 is 5.32 Å². The summed E-state index contributed by atoms with van der Waals surface area (Å²) in [4.78, 5) is 22.5. The highest BCUT2D eigenvalue weighted by molar-refractivity contribution is 6.33. The van der Waals surface area contributed by atoms with Gasteiger partial charge in [0.2, 0.25) is 0 Å². The first kappa shape index (κ1) is 18.3. The number of aryl methyl sites for hydroxylation is 1. The Hall–Kier alpha value is -1.75. The predicted octanol–water partition coefficient (Wildman–Crippen LogP) is 4.34. The molecule has 0 spiro atoms. The lowest BCUT2D eigenvalue weighted by Gasteiger charge is -2.20. The molecule has 1 aromatic carbocycles. The molecule has 0 aliphatic heterocycles. The summed E-state index contributed by atoms with van der Waals surface area (Å²) in [7, 11) is 0. The molecule has 1 amide bonds. The number of carboxylic acid groups (broad SMARTS) is 1. The number of hydrogen-bond donors (Lipinski definition) is 2. The first-order valence-electron chi connectivity index (χ1n) is 7.09. The minimum atomic E-state index is -0.811. The number of nitrogens with one attached hydrogen (secondary N) is 1. The van der Waals surface area contributed by atoms with Crippen molar-refractivity contribution >= 4 is 29.4 Å². The molecule has 0 aliphatic carbocycles. The van der Waals surface area contributed by atoms with E-state index in [1.165, 1.54) is 0 Å². The Bertz CT molecular complexity index is 552. The first-order valence-corrected chi connectivity index (χ1v) is 7.47. The molecule has 0 aromatic heterocycles. The second kappa shape index (κ2) is 7.49. The highest BCUT2D eigenvalue weighted by Gasteiger charge is 2.17. The van der Waals surface area contributed by atoms with Gasteiger partial charge in [0, 0.05) is 0 Å². The van der Waals surface area contributed by atoms with E-state index in [0.29, 0.717) is 23.6 Å². The number of carbonyl (C=O) groups excluding carboxylic acids is 1. The van der Waals surface area contributed by atoms with E-state index in [9.17, 15) is 9.59 Å². The Morgan fingerprint density at radius 1 is 1.36 bits per heavy atom. The number of carboxylic acids is 1. The average Bonchev–Trinajstić information content (AvgIpc) is 2.36. The van der Waals surface area contributed by atoms with E-state index in [0.717, 1.165) is 5.56 Å². The lowest BCUT2D eigenvalue weighted by Crippen LogP contribution is -2.27. The highest BCUT2D eigenvalue weighted by Crippen LogP contribution is 2.25. The molecule has 1 aromatic rings. The Kier molecular flexibility index (Phi) is 6.23. The molecule has 5 nitrogen and oxygen atoms in total. The van der Waals surface area contributed by atoms with Crippen molar-refractivity contribution in [1.29, 1.82) is 0 Å². The molecule has 1 atom stereocenters. The van der Waals surface area contributed by atoms with E-state index < -0.39 is 23.6 Å². The van der Waals surface area contributed by atoms with Gasteiger partial charge in [-0.25, -0.2) is 4.79 Å². The molecular weight excluding hydrogens is 306 g/mol. The van der Waals surface area contributed by atoms with Crippen LogP contribution in [0.5, 0.6) is 0 Å². The second-order valence-corrected chi connectivity index (χ2v) is 6.63. The number of anilines is 1. The van der Waals surface area contributed by atoms with Crippen LogP contribution in [0.3, 0.4) is 0 Å². The number of hydrogen-bond acceptors (Lipinski definition) is 3. The van der Waals surface area contributed by atoms with Crippen molar-refractivity contribution in [3.05, 3.63) is 28.8 Å². The van der Waals surface area contributed by atoms with Gasteiger partial charge < -0.3 is 9.84 Å². The van der Waals surface area contributed by atoms with Gasteiger partial charge in [-0.2, -0.15) is 0 Å². The molecule has 6 heteroatoms. The van der Waals surface area contributed by atoms with Crippen molar-refractivity contribution < 1.29 is 19.4 Å². The number of halogens is 1. The standard InChI is InChI=1S/C16H22ClNO4/c1-10(14(19)20)5-6-11-7-8-13(12(17)9-11)18-15(21)22-16(2,3)4/h7-10H,5-6H2,1-4H3,(H,18,21)(H,19,20). The van der Waals surface area contributed by atoms with Crippen LogP contribution in [0.1, 0.15) is 39.7 Å². The van der Waals surface area contributed by atoms with E-state index >= 15 is 0 Å².